The van der Waals surface area contributed by atoms with Crippen LogP contribution in [0.15, 0.2) is 34.3 Å². The predicted octanol–water partition coefficient (Wildman–Crippen LogP) is 3.47. The average molecular weight is 405 g/mol. The van der Waals surface area contributed by atoms with Crippen LogP contribution in [0.5, 0.6) is 0 Å². The molecule has 1 unspecified atom stereocenters. The van der Waals surface area contributed by atoms with Crippen LogP contribution in [0.4, 0.5) is 0 Å². The Morgan fingerprint density at radius 3 is 2.26 bits per heavy atom. The Labute approximate surface area is 147 Å². The maximum Gasteiger partial charge on any atom is 0.240 e. The monoisotopic (exact) mass is 404 g/mol. The molecule has 0 aliphatic carbocycles. The molecule has 1 rings (SSSR count). The fraction of sp³-hybridized carbons (Fsp3) is 0.562. The second-order valence-corrected chi connectivity index (χ2v) is 8.77. The fourth-order valence-corrected chi connectivity index (χ4v) is 2.95. The minimum atomic E-state index is -3.58. The van der Waals surface area contributed by atoms with Gasteiger partial charge in [0.2, 0.25) is 10.0 Å². The first-order chi connectivity index (χ1) is 10.6. The summed E-state index contributed by atoms with van der Waals surface area (Å²) in [5.41, 5.74) is 1.63. The highest BCUT2D eigenvalue weighted by molar-refractivity contribution is 9.10. The van der Waals surface area contributed by atoms with Crippen molar-refractivity contribution in [1.82, 2.24) is 4.72 Å². The number of oxime groups is 1. The normalized spacial score (nSPS) is 14.3. The van der Waals surface area contributed by atoms with Gasteiger partial charge in [0.05, 0.1) is 22.0 Å². The van der Waals surface area contributed by atoms with E-state index in [2.05, 4.69) is 25.8 Å². The number of aryl methyl sites for hydroxylation is 1. The number of nitrogens with one attached hydrogen (secondary N) is 1. The average Bonchev–Trinajstić information content (AvgIpc) is 2.46. The van der Waals surface area contributed by atoms with Crippen molar-refractivity contribution >= 4 is 31.7 Å². The van der Waals surface area contributed by atoms with Crippen LogP contribution in [-0.4, -0.2) is 31.6 Å². The van der Waals surface area contributed by atoms with Crippen molar-refractivity contribution in [2.24, 2.45) is 11.1 Å². The van der Waals surface area contributed by atoms with E-state index in [0.717, 1.165) is 5.56 Å². The van der Waals surface area contributed by atoms with Gasteiger partial charge >= 0.3 is 0 Å². The summed E-state index contributed by atoms with van der Waals surface area (Å²) in [6.07, 6.45) is -0.0643. The van der Waals surface area contributed by atoms with Gasteiger partial charge in [0.25, 0.3) is 0 Å². The Morgan fingerprint density at radius 1 is 1.22 bits per heavy atom. The number of hydrogen-bond acceptors (Lipinski definition) is 4. The number of nitrogens with zero attached hydrogens (tertiary/aromatic N) is 1. The summed E-state index contributed by atoms with van der Waals surface area (Å²) in [4.78, 5) is 5.46. The van der Waals surface area contributed by atoms with Gasteiger partial charge in [-0.1, -0.05) is 52.6 Å². The molecule has 0 radical (unpaired) electrons. The quantitative estimate of drug-likeness (QED) is 0.409. The van der Waals surface area contributed by atoms with Crippen molar-refractivity contribution < 1.29 is 13.3 Å². The molecule has 130 valence electrons. The molecule has 0 saturated heterocycles. The van der Waals surface area contributed by atoms with Gasteiger partial charge in [0.15, 0.2) is 0 Å². The van der Waals surface area contributed by atoms with E-state index in [1.807, 2.05) is 34.6 Å². The first-order valence-electron chi connectivity index (χ1n) is 7.56. The maximum absolute atomic E-state index is 12.4. The second kappa shape index (κ2) is 8.80. The number of halogens is 1. The highest BCUT2D eigenvalue weighted by atomic mass is 79.9. The largest absolute Gasteiger partial charge is 0.393 e. The number of benzene rings is 1. The maximum atomic E-state index is 12.4. The molecule has 0 fully saturated rings. The van der Waals surface area contributed by atoms with Crippen LogP contribution < -0.4 is 4.72 Å². The number of alkyl halides is 1. The Morgan fingerprint density at radius 2 is 1.78 bits per heavy atom. The van der Waals surface area contributed by atoms with E-state index in [1.165, 1.54) is 0 Å². The lowest BCUT2D eigenvalue weighted by molar-refractivity contribution is 0.0850. The van der Waals surface area contributed by atoms with Crippen LogP contribution in [0.25, 0.3) is 0 Å². The smallest absolute Gasteiger partial charge is 0.240 e. The summed E-state index contributed by atoms with van der Waals surface area (Å²) >= 11 is 3.55. The van der Waals surface area contributed by atoms with Crippen molar-refractivity contribution in [3.63, 3.8) is 0 Å². The zero-order valence-electron chi connectivity index (χ0n) is 14.2. The molecule has 23 heavy (non-hydrogen) atoms. The topological polar surface area (TPSA) is 67.8 Å². The highest BCUT2D eigenvalue weighted by Crippen LogP contribution is 2.15. The summed E-state index contributed by atoms with van der Waals surface area (Å²) < 4.78 is 27.3. The molecule has 1 aromatic rings. The molecule has 0 spiro atoms. The molecule has 0 bridgehead atoms. The molecule has 0 amide bonds. The molecule has 1 aromatic carbocycles. The van der Waals surface area contributed by atoms with Crippen LogP contribution in [0.2, 0.25) is 0 Å². The van der Waals surface area contributed by atoms with Crippen molar-refractivity contribution in [1.29, 1.82) is 0 Å². The van der Waals surface area contributed by atoms with Gasteiger partial charge in [0.1, 0.15) is 6.10 Å². The van der Waals surface area contributed by atoms with Gasteiger partial charge in [-0.05, 0) is 38.8 Å². The van der Waals surface area contributed by atoms with Gasteiger partial charge in [-0.2, -0.15) is 0 Å². The van der Waals surface area contributed by atoms with Crippen molar-refractivity contribution in [3.05, 3.63) is 29.8 Å². The van der Waals surface area contributed by atoms with E-state index in [0.29, 0.717) is 5.71 Å². The summed E-state index contributed by atoms with van der Waals surface area (Å²) in [6, 6.07) is 6.72. The van der Waals surface area contributed by atoms with Crippen LogP contribution >= 0.6 is 15.9 Å². The highest BCUT2D eigenvalue weighted by Gasteiger charge is 2.21. The van der Waals surface area contributed by atoms with Crippen molar-refractivity contribution in [2.75, 3.05) is 6.54 Å². The Kier molecular flexibility index (Phi) is 7.70. The summed E-state index contributed by atoms with van der Waals surface area (Å²) in [5.74, 6) is 0.258. The van der Waals surface area contributed by atoms with Crippen LogP contribution in [0.1, 0.15) is 33.3 Å². The number of rotatable bonds is 8. The molecular formula is C16H25BrN2O3S. The van der Waals surface area contributed by atoms with Gasteiger partial charge < -0.3 is 4.84 Å². The van der Waals surface area contributed by atoms with Crippen molar-refractivity contribution in [2.45, 2.75) is 50.4 Å². The van der Waals surface area contributed by atoms with E-state index in [9.17, 15) is 8.42 Å². The molecule has 0 aromatic heterocycles. The predicted molar refractivity (Wildman–Crippen MR) is 97.6 cm³/mol. The lowest BCUT2D eigenvalue weighted by atomic mass is 10.1. The summed E-state index contributed by atoms with van der Waals surface area (Å²) in [5, 5.41) is 4.10. The molecule has 1 N–H and O–H groups in total. The standard InChI is InChI=1S/C16H25BrN2O3S/c1-11(2)16(17)15(19-22-12(3)4)10-18-23(20,21)14-8-6-13(5)7-9-14/h6-9,11-12,16,18H,10H2,1-5H3/b19-15+. The van der Waals surface area contributed by atoms with E-state index in [-0.39, 0.29) is 28.3 Å². The molecule has 1 atom stereocenters. The lowest BCUT2D eigenvalue weighted by Gasteiger charge is -2.17. The zero-order valence-corrected chi connectivity index (χ0v) is 16.6. The minimum absolute atomic E-state index is 0.0643. The van der Waals surface area contributed by atoms with E-state index in [1.54, 1.807) is 24.3 Å². The Balaban J connectivity index is 2.88. The SMILES string of the molecule is Cc1ccc(S(=O)(=O)NC/C(=N\OC(C)C)C(Br)C(C)C)cc1. The van der Waals surface area contributed by atoms with Gasteiger partial charge in [0, 0.05) is 0 Å². The first-order valence-corrected chi connectivity index (χ1v) is 9.96. The Bertz CT molecular complexity index is 625. The van der Waals surface area contributed by atoms with Crippen molar-refractivity contribution in [3.8, 4) is 0 Å². The van der Waals surface area contributed by atoms with Gasteiger partial charge in [-0.25, -0.2) is 13.1 Å². The van der Waals surface area contributed by atoms with E-state index in [4.69, 9.17) is 4.84 Å². The third-order valence-electron chi connectivity index (χ3n) is 3.06. The molecule has 7 heteroatoms. The number of sulfonamides is 1. The van der Waals surface area contributed by atoms with E-state index >= 15 is 0 Å². The third-order valence-corrected chi connectivity index (χ3v) is 6.06. The second-order valence-electron chi connectivity index (χ2n) is 6.02. The van der Waals surface area contributed by atoms with E-state index < -0.39 is 10.0 Å². The zero-order chi connectivity index (χ0) is 17.6. The lowest BCUT2D eigenvalue weighted by Crippen LogP contribution is -2.35. The van der Waals surface area contributed by atoms with Crippen LogP contribution in [0.3, 0.4) is 0 Å². The molecule has 0 aliphatic rings. The Hall–Kier alpha value is -0.920. The van der Waals surface area contributed by atoms with Crippen LogP contribution in [-0.2, 0) is 14.9 Å². The molecule has 0 heterocycles. The van der Waals surface area contributed by atoms with Gasteiger partial charge in [-0.3, -0.25) is 0 Å². The molecule has 0 aliphatic heterocycles. The van der Waals surface area contributed by atoms with Crippen LogP contribution in [0, 0.1) is 12.8 Å². The first kappa shape index (κ1) is 20.1. The summed E-state index contributed by atoms with van der Waals surface area (Å²) in [6.45, 7) is 9.80. The summed E-state index contributed by atoms with van der Waals surface area (Å²) in [7, 11) is -3.58. The van der Waals surface area contributed by atoms with Gasteiger partial charge in [-0.15, -0.1) is 0 Å². The third kappa shape index (κ3) is 6.61. The number of hydrogen-bond donors (Lipinski definition) is 1. The molecular weight excluding hydrogens is 380 g/mol. The minimum Gasteiger partial charge on any atom is -0.393 e. The fourth-order valence-electron chi connectivity index (χ4n) is 1.71. The molecule has 5 nitrogen and oxygen atoms in total. The molecule has 0 saturated carbocycles.